The van der Waals surface area contributed by atoms with E-state index >= 15 is 0 Å². The highest BCUT2D eigenvalue weighted by atomic mass is 16.5. The fourth-order valence-electron chi connectivity index (χ4n) is 7.13. The van der Waals surface area contributed by atoms with Crippen molar-refractivity contribution in [2.24, 2.45) is 17.3 Å². The summed E-state index contributed by atoms with van der Waals surface area (Å²) in [6.07, 6.45) is 10.3. The summed E-state index contributed by atoms with van der Waals surface area (Å²) >= 11 is 0. The predicted molar refractivity (Wildman–Crippen MR) is 150 cm³/mol. The van der Waals surface area contributed by atoms with Gasteiger partial charge in [-0.2, -0.15) is 0 Å². The first-order valence-corrected chi connectivity index (χ1v) is 14.7. The molecule has 0 bridgehead atoms. The average Bonchev–Trinajstić information content (AvgIpc) is 3.39. The molecule has 2 aromatic rings. The van der Waals surface area contributed by atoms with Gasteiger partial charge in [-0.3, -0.25) is 9.59 Å². The lowest BCUT2D eigenvalue weighted by Crippen LogP contribution is -2.62. The topological polar surface area (TPSA) is 88.8 Å². The first kappa shape index (κ1) is 27.6. The number of esters is 1. The van der Waals surface area contributed by atoms with Crippen molar-refractivity contribution in [3.63, 3.8) is 0 Å². The molecule has 1 amide bonds. The van der Waals surface area contributed by atoms with Crippen LogP contribution in [0.5, 0.6) is 0 Å². The molecule has 2 saturated carbocycles. The molecule has 1 spiro atoms. The van der Waals surface area contributed by atoms with Gasteiger partial charge >= 0.3 is 5.97 Å². The SMILES string of the molecule is CCOC(=O)c1cn(C[C@]2(O)CCN(C(=O)[C@H](C)CC3CCC3)CC23CCCC3)c(=O)cc1-c1ccccc1. The highest BCUT2D eigenvalue weighted by Gasteiger charge is 2.55. The third kappa shape index (κ3) is 5.43. The minimum Gasteiger partial charge on any atom is -0.462 e. The highest BCUT2D eigenvalue weighted by Crippen LogP contribution is 2.52. The largest absolute Gasteiger partial charge is 0.462 e. The Morgan fingerprint density at radius 3 is 2.46 bits per heavy atom. The third-order valence-corrected chi connectivity index (χ3v) is 9.62. The van der Waals surface area contributed by atoms with E-state index in [1.165, 1.54) is 29.9 Å². The van der Waals surface area contributed by atoms with E-state index in [9.17, 15) is 19.5 Å². The molecular formula is C32H42N2O5. The Morgan fingerprint density at radius 2 is 1.82 bits per heavy atom. The Kier molecular flexibility index (Phi) is 7.99. The summed E-state index contributed by atoms with van der Waals surface area (Å²) in [5.41, 5.74) is -0.280. The monoisotopic (exact) mass is 534 g/mol. The van der Waals surface area contributed by atoms with E-state index in [4.69, 9.17) is 4.74 Å². The number of rotatable bonds is 8. The molecular weight excluding hydrogens is 492 g/mol. The fourth-order valence-corrected chi connectivity index (χ4v) is 7.13. The summed E-state index contributed by atoms with van der Waals surface area (Å²) in [5.74, 6) is 0.378. The number of piperidine rings is 1. The number of amides is 1. The second-order valence-electron chi connectivity index (χ2n) is 12.1. The fraction of sp³-hybridized carbons (Fsp3) is 0.594. The zero-order valence-corrected chi connectivity index (χ0v) is 23.4. The van der Waals surface area contributed by atoms with Crippen LogP contribution in [-0.2, 0) is 16.1 Å². The van der Waals surface area contributed by atoms with Gasteiger partial charge in [0.15, 0.2) is 0 Å². The van der Waals surface area contributed by atoms with Crippen LogP contribution in [0.3, 0.4) is 0 Å². The van der Waals surface area contributed by atoms with Gasteiger partial charge in [0.1, 0.15) is 0 Å². The van der Waals surface area contributed by atoms with Crippen LogP contribution >= 0.6 is 0 Å². The Balaban J connectivity index is 1.42. The summed E-state index contributed by atoms with van der Waals surface area (Å²) in [6.45, 7) is 5.13. The third-order valence-electron chi connectivity index (χ3n) is 9.62. The van der Waals surface area contributed by atoms with Crippen molar-refractivity contribution >= 4 is 11.9 Å². The maximum absolute atomic E-state index is 13.4. The minimum absolute atomic E-state index is 0.000215. The van der Waals surface area contributed by atoms with Crippen molar-refractivity contribution in [2.75, 3.05) is 19.7 Å². The van der Waals surface area contributed by atoms with E-state index in [1.54, 1.807) is 13.1 Å². The van der Waals surface area contributed by atoms with Gasteiger partial charge in [0.2, 0.25) is 5.91 Å². The summed E-state index contributed by atoms with van der Waals surface area (Å²) in [7, 11) is 0. The van der Waals surface area contributed by atoms with Crippen molar-refractivity contribution in [3.8, 4) is 11.1 Å². The summed E-state index contributed by atoms with van der Waals surface area (Å²) < 4.78 is 6.82. The quantitative estimate of drug-likeness (QED) is 0.479. The Bertz CT molecular complexity index is 1240. The van der Waals surface area contributed by atoms with Gasteiger partial charge in [0.25, 0.3) is 5.56 Å². The standard InChI is InChI=1S/C32H42N2O5/c1-3-39-30(37)27-20-34(28(35)19-26(27)25-12-5-4-6-13-25)22-32(38)16-17-33(21-31(32)14-7-8-15-31)29(36)23(2)18-24-10-9-11-24/h4-6,12-13,19-20,23-24,38H,3,7-11,14-18,21-22H2,1-2H3/t23-,32-/m1/s1. The lowest BCUT2D eigenvalue weighted by atomic mass is 9.65. The Hall–Kier alpha value is -2.93. The van der Waals surface area contributed by atoms with Crippen molar-refractivity contribution in [2.45, 2.75) is 83.8 Å². The van der Waals surface area contributed by atoms with Gasteiger partial charge in [-0.15, -0.1) is 0 Å². The number of carbonyl (C=O) groups excluding carboxylic acids is 2. The van der Waals surface area contributed by atoms with Crippen molar-refractivity contribution in [1.82, 2.24) is 9.47 Å². The minimum atomic E-state index is -1.15. The van der Waals surface area contributed by atoms with Gasteiger partial charge in [0, 0.05) is 42.2 Å². The van der Waals surface area contributed by atoms with Crippen molar-refractivity contribution in [1.29, 1.82) is 0 Å². The molecule has 7 nitrogen and oxygen atoms in total. The zero-order chi connectivity index (χ0) is 27.6. The number of hydrogen-bond donors (Lipinski definition) is 1. The highest BCUT2D eigenvalue weighted by molar-refractivity contribution is 5.96. The maximum Gasteiger partial charge on any atom is 0.340 e. The van der Waals surface area contributed by atoms with Gasteiger partial charge in [-0.1, -0.05) is 69.4 Å². The summed E-state index contributed by atoms with van der Waals surface area (Å²) in [5, 5.41) is 12.2. The first-order valence-electron chi connectivity index (χ1n) is 14.7. The number of pyridine rings is 1. The second-order valence-corrected chi connectivity index (χ2v) is 12.1. The van der Waals surface area contributed by atoms with Crippen LogP contribution in [-0.4, -0.2) is 51.7 Å². The molecule has 1 aromatic carbocycles. The van der Waals surface area contributed by atoms with Crippen LogP contribution in [0.25, 0.3) is 11.1 Å². The maximum atomic E-state index is 13.4. The van der Waals surface area contributed by atoms with E-state index < -0.39 is 17.0 Å². The number of hydrogen-bond acceptors (Lipinski definition) is 5. The molecule has 39 heavy (non-hydrogen) atoms. The van der Waals surface area contributed by atoms with Crippen LogP contribution in [0.2, 0.25) is 0 Å². The van der Waals surface area contributed by atoms with Crippen LogP contribution in [0, 0.1) is 17.3 Å². The van der Waals surface area contributed by atoms with Gasteiger partial charge in [-0.25, -0.2) is 4.79 Å². The number of ether oxygens (including phenoxy) is 1. The normalized spacial score (nSPS) is 23.4. The molecule has 210 valence electrons. The Labute approximate surface area is 231 Å². The first-order chi connectivity index (χ1) is 18.7. The molecule has 3 aliphatic rings. The molecule has 1 aromatic heterocycles. The zero-order valence-electron chi connectivity index (χ0n) is 23.4. The smallest absolute Gasteiger partial charge is 0.340 e. The molecule has 0 unspecified atom stereocenters. The van der Waals surface area contributed by atoms with Crippen LogP contribution < -0.4 is 5.56 Å². The molecule has 0 radical (unpaired) electrons. The molecule has 2 atom stereocenters. The molecule has 1 aliphatic heterocycles. The number of aromatic nitrogens is 1. The van der Waals surface area contributed by atoms with Crippen LogP contribution in [0.1, 0.15) is 82.0 Å². The number of nitrogens with zero attached hydrogens (tertiary/aromatic N) is 2. The van der Waals surface area contributed by atoms with E-state index in [2.05, 4.69) is 0 Å². The van der Waals surface area contributed by atoms with Crippen molar-refractivity contribution < 1.29 is 19.4 Å². The van der Waals surface area contributed by atoms with Crippen LogP contribution in [0.15, 0.2) is 47.4 Å². The van der Waals surface area contributed by atoms with Crippen molar-refractivity contribution in [3.05, 3.63) is 58.5 Å². The number of aliphatic hydroxyl groups is 1. The van der Waals surface area contributed by atoms with Crippen LogP contribution in [0.4, 0.5) is 0 Å². The Morgan fingerprint density at radius 1 is 1.10 bits per heavy atom. The van der Waals surface area contributed by atoms with E-state index in [-0.39, 0.29) is 30.5 Å². The van der Waals surface area contributed by atoms with E-state index in [1.807, 2.05) is 42.2 Å². The van der Waals surface area contributed by atoms with Gasteiger partial charge < -0.3 is 19.3 Å². The predicted octanol–water partition coefficient (Wildman–Crippen LogP) is 5.04. The number of benzene rings is 1. The molecule has 2 aliphatic carbocycles. The molecule has 7 heteroatoms. The van der Waals surface area contributed by atoms with E-state index in [0.29, 0.717) is 36.6 Å². The molecule has 1 saturated heterocycles. The molecule has 2 heterocycles. The summed E-state index contributed by atoms with van der Waals surface area (Å²) in [6, 6.07) is 10.8. The number of carbonyl (C=O) groups is 2. The summed E-state index contributed by atoms with van der Waals surface area (Å²) in [4.78, 5) is 41.8. The van der Waals surface area contributed by atoms with Gasteiger partial charge in [0.05, 0.1) is 24.3 Å². The molecule has 5 rings (SSSR count). The molecule has 3 fully saturated rings. The average molecular weight is 535 g/mol. The van der Waals surface area contributed by atoms with E-state index in [0.717, 1.165) is 37.7 Å². The number of likely N-dealkylation sites (tertiary alicyclic amines) is 1. The van der Waals surface area contributed by atoms with Gasteiger partial charge in [-0.05, 0) is 44.1 Å². The lowest BCUT2D eigenvalue weighted by Gasteiger charge is -2.53. The second kappa shape index (κ2) is 11.3. The molecule has 1 N–H and O–H groups in total. The lowest BCUT2D eigenvalue weighted by molar-refractivity contribution is -0.163.